The summed E-state index contributed by atoms with van der Waals surface area (Å²) in [7, 11) is 0. The molecule has 168 valence electrons. The van der Waals surface area contributed by atoms with E-state index in [0.717, 1.165) is 16.8 Å². The summed E-state index contributed by atoms with van der Waals surface area (Å²) in [6, 6.07) is 22.7. The zero-order valence-corrected chi connectivity index (χ0v) is 18.7. The lowest BCUT2D eigenvalue weighted by molar-refractivity contribution is -0.145. The van der Waals surface area contributed by atoms with E-state index in [4.69, 9.17) is 4.74 Å². The minimum absolute atomic E-state index is 0.210. The SMILES string of the molecule is CCOC(=O)[C@@H]1[C@@H](c2ccccc2)C2(C(=O)c3ccccc3C2=O)[C@@H]2C=Cc3ccccc3N12. The van der Waals surface area contributed by atoms with Crippen LogP contribution in [0.1, 0.15) is 44.7 Å². The number of carbonyl (C=O) groups is 3. The molecule has 5 heteroatoms. The number of carbonyl (C=O) groups excluding carboxylic acids is 3. The van der Waals surface area contributed by atoms with E-state index in [1.807, 2.05) is 71.6 Å². The predicted molar refractivity (Wildman–Crippen MR) is 129 cm³/mol. The third kappa shape index (κ3) is 2.52. The van der Waals surface area contributed by atoms with Gasteiger partial charge in [-0.25, -0.2) is 4.79 Å². The average molecular weight is 450 g/mol. The van der Waals surface area contributed by atoms with Gasteiger partial charge in [0.1, 0.15) is 11.5 Å². The van der Waals surface area contributed by atoms with E-state index < -0.39 is 29.4 Å². The van der Waals surface area contributed by atoms with Crippen molar-refractivity contribution in [2.24, 2.45) is 5.41 Å². The van der Waals surface area contributed by atoms with Crippen LogP contribution < -0.4 is 4.90 Å². The highest BCUT2D eigenvalue weighted by atomic mass is 16.5. The van der Waals surface area contributed by atoms with E-state index in [1.165, 1.54) is 0 Å². The van der Waals surface area contributed by atoms with Crippen LogP contribution >= 0.6 is 0 Å². The Hall–Kier alpha value is -3.99. The molecule has 0 amide bonds. The molecular formula is C29H23NO4. The van der Waals surface area contributed by atoms with Gasteiger partial charge in [-0.3, -0.25) is 9.59 Å². The van der Waals surface area contributed by atoms with Gasteiger partial charge in [0.05, 0.1) is 12.6 Å². The first-order valence-corrected chi connectivity index (χ1v) is 11.6. The van der Waals surface area contributed by atoms with Crippen LogP contribution in [-0.4, -0.2) is 36.2 Å². The molecular weight excluding hydrogens is 426 g/mol. The van der Waals surface area contributed by atoms with Gasteiger partial charge in [0.2, 0.25) is 0 Å². The number of Topliss-reactive ketones (excluding diaryl/α,β-unsaturated/α-hetero) is 2. The number of fused-ring (bicyclic) bond motifs is 5. The maximum atomic E-state index is 14.3. The fourth-order valence-electron chi connectivity index (χ4n) is 6.15. The number of hydrogen-bond donors (Lipinski definition) is 0. The van der Waals surface area contributed by atoms with Crippen molar-refractivity contribution in [2.45, 2.75) is 24.9 Å². The molecule has 3 aliphatic rings. The molecule has 3 atom stereocenters. The third-order valence-corrected chi connectivity index (χ3v) is 7.40. The molecule has 2 heterocycles. The first kappa shape index (κ1) is 20.6. The Balaban J connectivity index is 1.68. The summed E-state index contributed by atoms with van der Waals surface area (Å²) >= 11 is 0. The molecule has 2 aliphatic heterocycles. The monoisotopic (exact) mass is 449 g/mol. The van der Waals surface area contributed by atoms with E-state index in [0.29, 0.717) is 11.1 Å². The Labute approximate surface area is 197 Å². The van der Waals surface area contributed by atoms with Crippen molar-refractivity contribution in [1.29, 1.82) is 0 Å². The van der Waals surface area contributed by atoms with Crippen LogP contribution in [0.4, 0.5) is 5.69 Å². The van der Waals surface area contributed by atoms with Crippen molar-refractivity contribution in [3.05, 3.63) is 107 Å². The first-order chi connectivity index (χ1) is 16.6. The number of esters is 1. The van der Waals surface area contributed by atoms with Crippen molar-refractivity contribution in [2.75, 3.05) is 11.5 Å². The van der Waals surface area contributed by atoms with Gasteiger partial charge < -0.3 is 9.64 Å². The molecule has 1 spiro atoms. The normalized spacial score (nSPS) is 23.6. The van der Waals surface area contributed by atoms with E-state index >= 15 is 0 Å². The van der Waals surface area contributed by atoms with Crippen molar-refractivity contribution in [3.8, 4) is 0 Å². The van der Waals surface area contributed by atoms with Gasteiger partial charge in [-0.2, -0.15) is 0 Å². The molecule has 1 aliphatic carbocycles. The second-order valence-corrected chi connectivity index (χ2v) is 8.93. The number of para-hydroxylation sites is 1. The number of ether oxygens (including phenoxy) is 1. The molecule has 0 bridgehead atoms. The van der Waals surface area contributed by atoms with E-state index in [-0.39, 0.29) is 18.2 Å². The van der Waals surface area contributed by atoms with Crippen LogP contribution in [0.15, 0.2) is 84.9 Å². The molecule has 0 aromatic heterocycles. The van der Waals surface area contributed by atoms with Crippen LogP contribution in [0.3, 0.4) is 0 Å². The number of ketones is 2. The van der Waals surface area contributed by atoms with Gasteiger partial charge in [-0.1, -0.05) is 84.9 Å². The number of rotatable bonds is 3. The summed E-state index contributed by atoms with van der Waals surface area (Å²) in [4.78, 5) is 44.1. The lowest BCUT2D eigenvalue weighted by Gasteiger charge is -2.36. The van der Waals surface area contributed by atoms with Crippen LogP contribution in [-0.2, 0) is 9.53 Å². The predicted octanol–water partition coefficient (Wildman–Crippen LogP) is 4.68. The van der Waals surface area contributed by atoms with Gasteiger partial charge in [-0.15, -0.1) is 0 Å². The lowest BCUT2D eigenvalue weighted by Crippen LogP contribution is -2.48. The number of nitrogens with zero attached hydrogens (tertiary/aromatic N) is 1. The minimum atomic E-state index is -1.47. The molecule has 0 N–H and O–H groups in total. The molecule has 3 aromatic carbocycles. The highest BCUT2D eigenvalue weighted by Gasteiger charge is 2.71. The van der Waals surface area contributed by atoms with Crippen LogP contribution in [0.25, 0.3) is 6.08 Å². The Kier molecular flexibility index (Phi) is 4.56. The maximum Gasteiger partial charge on any atom is 0.329 e. The molecule has 5 nitrogen and oxygen atoms in total. The Morgan fingerprint density at radius 3 is 2.18 bits per heavy atom. The smallest absolute Gasteiger partial charge is 0.329 e. The second-order valence-electron chi connectivity index (χ2n) is 8.93. The molecule has 0 saturated carbocycles. The lowest BCUT2D eigenvalue weighted by atomic mass is 9.65. The van der Waals surface area contributed by atoms with E-state index in [2.05, 4.69) is 0 Å². The molecule has 34 heavy (non-hydrogen) atoms. The summed E-state index contributed by atoms with van der Waals surface area (Å²) in [5.74, 6) is -1.60. The summed E-state index contributed by atoms with van der Waals surface area (Å²) in [5.41, 5.74) is 1.91. The Bertz CT molecular complexity index is 1320. The van der Waals surface area contributed by atoms with Crippen molar-refractivity contribution >= 4 is 29.3 Å². The molecule has 6 rings (SSSR count). The second kappa shape index (κ2) is 7.52. The van der Waals surface area contributed by atoms with Crippen molar-refractivity contribution in [3.63, 3.8) is 0 Å². The van der Waals surface area contributed by atoms with Crippen molar-refractivity contribution in [1.82, 2.24) is 0 Å². The molecule has 1 saturated heterocycles. The quantitative estimate of drug-likeness (QED) is 0.429. The van der Waals surface area contributed by atoms with E-state index in [1.54, 1.807) is 31.2 Å². The molecule has 1 fully saturated rings. The Morgan fingerprint density at radius 1 is 0.882 bits per heavy atom. The maximum absolute atomic E-state index is 14.3. The zero-order valence-electron chi connectivity index (χ0n) is 18.7. The zero-order chi connectivity index (χ0) is 23.4. The van der Waals surface area contributed by atoms with E-state index in [9.17, 15) is 14.4 Å². The summed E-state index contributed by atoms with van der Waals surface area (Å²) < 4.78 is 5.56. The Morgan fingerprint density at radius 2 is 1.50 bits per heavy atom. The average Bonchev–Trinajstić information content (AvgIpc) is 3.31. The van der Waals surface area contributed by atoms with Crippen LogP contribution in [0.5, 0.6) is 0 Å². The minimum Gasteiger partial charge on any atom is -0.464 e. The van der Waals surface area contributed by atoms with Crippen molar-refractivity contribution < 1.29 is 19.1 Å². The van der Waals surface area contributed by atoms with Gasteiger partial charge >= 0.3 is 5.97 Å². The number of benzene rings is 3. The van der Waals surface area contributed by atoms with Gasteiger partial charge in [0.25, 0.3) is 0 Å². The molecule has 3 aromatic rings. The van der Waals surface area contributed by atoms with Crippen LogP contribution in [0.2, 0.25) is 0 Å². The van der Waals surface area contributed by atoms with Gasteiger partial charge in [0, 0.05) is 22.7 Å². The standard InChI is InChI=1S/C29H23NO4/c1-2-34-28(33)25-24(19-11-4-3-5-12-19)29(26(31)20-13-7-8-14-21(20)27(29)32)23-17-16-18-10-6-9-15-22(18)30(23)25/h3-17,23-25H,2H2,1H3/t23-,24+,25-/m0/s1. The third-order valence-electron chi connectivity index (χ3n) is 7.40. The molecule has 0 unspecified atom stereocenters. The number of hydrogen-bond acceptors (Lipinski definition) is 5. The largest absolute Gasteiger partial charge is 0.464 e. The summed E-state index contributed by atoms with van der Waals surface area (Å²) in [6.07, 6.45) is 3.87. The fraction of sp³-hybridized carbons (Fsp3) is 0.207. The van der Waals surface area contributed by atoms with Gasteiger partial charge in [-0.05, 0) is 24.1 Å². The summed E-state index contributed by atoms with van der Waals surface area (Å²) in [6.45, 7) is 1.98. The molecule has 0 radical (unpaired) electrons. The highest BCUT2D eigenvalue weighted by molar-refractivity contribution is 6.32. The topological polar surface area (TPSA) is 63.7 Å². The van der Waals surface area contributed by atoms with Gasteiger partial charge in [0.15, 0.2) is 11.6 Å². The summed E-state index contributed by atoms with van der Waals surface area (Å²) in [5, 5.41) is 0. The van der Waals surface area contributed by atoms with Crippen LogP contribution in [0, 0.1) is 5.41 Å². The fourth-order valence-corrected chi connectivity index (χ4v) is 6.15. The first-order valence-electron chi connectivity index (χ1n) is 11.6. The number of anilines is 1. The highest BCUT2D eigenvalue weighted by Crippen LogP contribution is 2.60.